The molecule has 0 amide bonds. The van der Waals surface area contributed by atoms with Crippen LogP contribution in [0.2, 0.25) is 0 Å². The van der Waals surface area contributed by atoms with Gasteiger partial charge in [-0.1, -0.05) is 5.92 Å². The normalized spacial score (nSPS) is 12.6. The van der Waals surface area contributed by atoms with Crippen LogP contribution in [0.15, 0.2) is 0 Å². The van der Waals surface area contributed by atoms with Gasteiger partial charge in [-0.25, -0.2) is 0 Å². The van der Waals surface area contributed by atoms with E-state index in [1.54, 1.807) is 0 Å². The maximum atomic E-state index is 10.2. The highest BCUT2D eigenvalue weighted by Crippen LogP contribution is 1.99. The minimum atomic E-state index is -4.19. The van der Waals surface area contributed by atoms with Crippen molar-refractivity contribution in [1.82, 2.24) is 4.72 Å². The van der Waals surface area contributed by atoms with Crippen LogP contribution in [-0.2, 0) is 10.3 Å². The third kappa shape index (κ3) is 4.32. The Bertz CT molecular complexity index is 247. The van der Waals surface area contributed by atoms with E-state index in [2.05, 4.69) is 5.92 Å². The fourth-order valence-electron chi connectivity index (χ4n) is 0.352. The van der Waals surface area contributed by atoms with Crippen molar-refractivity contribution in [3.63, 3.8) is 0 Å². The van der Waals surface area contributed by atoms with Gasteiger partial charge in [0.15, 0.2) is 0 Å². The number of hydrogen-bond acceptors (Lipinski definition) is 2. The molecule has 0 aromatic rings. The first kappa shape index (κ1) is 9.43. The number of terminal acetylenes is 1. The zero-order chi connectivity index (χ0) is 8.41. The van der Waals surface area contributed by atoms with Gasteiger partial charge in [0.05, 0.1) is 5.54 Å². The van der Waals surface area contributed by atoms with Crippen molar-refractivity contribution in [2.75, 3.05) is 0 Å². The average Bonchev–Trinajstić information content (AvgIpc) is 1.60. The van der Waals surface area contributed by atoms with Crippen molar-refractivity contribution >= 4 is 10.3 Å². The molecule has 0 aliphatic carbocycles. The largest absolute Gasteiger partial charge is 0.334 e. The van der Waals surface area contributed by atoms with Crippen LogP contribution in [0, 0.1) is 12.3 Å². The van der Waals surface area contributed by atoms with Gasteiger partial charge in [-0.2, -0.15) is 13.1 Å². The van der Waals surface area contributed by atoms with Gasteiger partial charge in [-0.05, 0) is 13.8 Å². The summed E-state index contributed by atoms with van der Waals surface area (Å²) in [5.74, 6) is 2.15. The van der Waals surface area contributed by atoms with Crippen molar-refractivity contribution in [1.29, 1.82) is 0 Å². The van der Waals surface area contributed by atoms with E-state index in [0.717, 1.165) is 0 Å². The van der Waals surface area contributed by atoms with Crippen LogP contribution >= 0.6 is 0 Å². The Labute approximate surface area is 60.5 Å². The standard InChI is InChI=1S/C5H9NO3S/c1-4-5(2,3)6-10(7,8)9/h1,6H,2-3H3,(H,7,8,9). The molecule has 5 heteroatoms. The van der Waals surface area contributed by atoms with Crippen molar-refractivity contribution in [2.45, 2.75) is 19.4 Å². The molecule has 0 bridgehead atoms. The molecule has 0 unspecified atom stereocenters. The molecular formula is C5H9NO3S. The lowest BCUT2D eigenvalue weighted by Gasteiger charge is -2.15. The Balaban J connectivity index is 4.35. The predicted molar refractivity (Wildman–Crippen MR) is 37.6 cm³/mol. The molecule has 58 valence electrons. The third-order valence-electron chi connectivity index (χ3n) is 0.745. The van der Waals surface area contributed by atoms with Gasteiger partial charge in [0.25, 0.3) is 0 Å². The zero-order valence-electron chi connectivity index (χ0n) is 5.75. The van der Waals surface area contributed by atoms with Crippen molar-refractivity contribution in [3.8, 4) is 12.3 Å². The molecule has 0 heterocycles. The fraction of sp³-hybridized carbons (Fsp3) is 0.600. The second-order valence-electron chi connectivity index (χ2n) is 2.35. The van der Waals surface area contributed by atoms with Crippen LogP contribution in [0.4, 0.5) is 0 Å². The number of nitrogens with one attached hydrogen (secondary N) is 1. The zero-order valence-corrected chi connectivity index (χ0v) is 6.57. The Hall–Kier alpha value is -0.570. The molecule has 0 rings (SSSR count). The SMILES string of the molecule is C#CC(C)(C)NS(=O)(=O)O. The van der Waals surface area contributed by atoms with E-state index in [4.69, 9.17) is 11.0 Å². The summed E-state index contributed by atoms with van der Waals surface area (Å²) in [5, 5.41) is 0. The van der Waals surface area contributed by atoms with Gasteiger partial charge < -0.3 is 0 Å². The van der Waals surface area contributed by atoms with Gasteiger partial charge >= 0.3 is 10.3 Å². The number of hydrogen-bond donors (Lipinski definition) is 2. The first-order valence-corrected chi connectivity index (χ1v) is 3.95. The summed E-state index contributed by atoms with van der Waals surface area (Å²) >= 11 is 0. The second-order valence-corrected chi connectivity index (χ2v) is 3.50. The van der Waals surface area contributed by atoms with Crippen LogP contribution < -0.4 is 4.72 Å². The minimum absolute atomic E-state index is 1.03. The van der Waals surface area contributed by atoms with E-state index >= 15 is 0 Å². The summed E-state index contributed by atoms with van der Waals surface area (Å²) in [7, 11) is -4.19. The molecule has 0 spiro atoms. The lowest BCUT2D eigenvalue weighted by Crippen LogP contribution is -2.41. The van der Waals surface area contributed by atoms with Crippen LogP contribution in [-0.4, -0.2) is 18.5 Å². The lowest BCUT2D eigenvalue weighted by molar-refractivity contribution is 0.444. The Kier molecular flexibility index (Phi) is 2.43. The highest BCUT2D eigenvalue weighted by molar-refractivity contribution is 7.83. The molecule has 0 radical (unpaired) electrons. The molecule has 2 N–H and O–H groups in total. The maximum Gasteiger partial charge on any atom is 0.334 e. The van der Waals surface area contributed by atoms with E-state index in [1.807, 2.05) is 4.72 Å². The topological polar surface area (TPSA) is 66.4 Å². The average molecular weight is 163 g/mol. The third-order valence-corrected chi connectivity index (χ3v) is 1.51. The van der Waals surface area contributed by atoms with Crippen LogP contribution in [0.3, 0.4) is 0 Å². The molecule has 0 fully saturated rings. The first-order valence-electron chi connectivity index (χ1n) is 2.51. The Morgan fingerprint density at radius 2 is 2.00 bits per heavy atom. The van der Waals surface area contributed by atoms with Gasteiger partial charge in [-0.3, -0.25) is 4.55 Å². The smallest absolute Gasteiger partial charge is 0.273 e. The van der Waals surface area contributed by atoms with Gasteiger partial charge in [0.1, 0.15) is 0 Å². The van der Waals surface area contributed by atoms with Crippen molar-refractivity contribution in [2.24, 2.45) is 0 Å². The summed E-state index contributed by atoms with van der Waals surface area (Å²) in [6, 6.07) is 0. The van der Waals surface area contributed by atoms with Gasteiger partial charge in [-0.15, -0.1) is 6.42 Å². The Morgan fingerprint density at radius 3 is 2.10 bits per heavy atom. The summed E-state index contributed by atoms with van der Waals surface area (Å²) < 4.78 is 30.4. The summed E-state index contributed by atoms with van der Waals surface area (Å²) in [6.45, 7) is 2.92. The second kappa shape index (κ2) is 2.58. The van der Waals surface area contributed by atoms with Gasteiger partial charge in [0.2, 0.25) is 0 Å². The van der Waals surface area contributed by atoms with E-state index in [9.17, 15) is 8.42 Å². The number of rotatable bonds is 2. The Morgan fingerprint density at radius 1 is 1.60 bits per heavy atom. The van der Waals surface area contributed by atoms with Crippen molar-refractivity contribution in [3.05, 3.63) is 0 Å². The highest BCUT2D eigenvalue weighted by atomic mass is 32.2. The van der Waals surface area contributed by atoms with E-state index in [0.29, 0.717) is 0 Å². The monoisotopic (exact) mass is 163 g/mol. The highest BCUT2D eigenvalue weighted by Gasteiger charge is 2.19. The molecule has 4 nitrogen and oxygen atoms in total. The van der Waals surface area contributed by atoms with Crippen LogP contribution in [0.5, 0.6) is 0 Å². The molecule has 0 saturated heterocycles. The summed E-state index contributed by atoms with van der Waals surface area (Å²) in [6.07, 6.45) is 4.93. The predicted octanol–water partition coefficient (Wildman–Crippen LogP) is -0.209. The van der Waals surface area contributed by atoms with Crippen LogP contribution in [0.1, 0.15) is 13.8 Å². The summed E-state index contributed by atoms with van der Waals surface area (Å²) in [4.78, 5) is 0. The van der Waals surface area contributed by atoms with E-state index in [1.165, 1.54) is 13.8 Å². The molecule has 0 atom stereocenters. The lowest BCUT2D eigenvalue weighted by atomic mass is 10.1. The fourth-order valence-corrected chi connectivity index (χ4v) is 1.06. The molecule has 0 aliphatic heterocycles. The molecule has 10 heavy (non-hydrogen) atoms. The summed E-state index contributed by atoms with van der Waals surface area (Å²) in [5.41, 5.74) is -1.03. The molecular weight excluding hydrogens is 154 g/mol. The van der Waals surface area contributed by atoms with E-state index < -0.39 is 15.8 Å². The van der Waals surface area contributed by atoms with E-state index in [-0.39, 0.29) is 0 Å². The van der Waals surface area contributed by atoms with Crippen molar-refractivity contribution < 1.29 is 13.0 Å². The molecule has 0 saturated carbocycles. The van der Waals surface area contributed by atoms with Crippen LogP contribution in [0.25, 0.3) is 0 Å². The maximum absolute atomic E-state index is 10.2. The first-order chi connectivity index (χ1) is 4.27. The quantitative estimate of drug-likeness (QED) is 0.437. The van der Waals surface area contributed by atoms with Gasteiger partial charge in [0, 0.05) is 0 Å². The molecule has 0 aliphatic rings. The molecule has 0 aromatic heterocycles. The minimum Gasteiger partial charge on any atom is -0.273 e. The molecule has 0 aromatic carbocycles.